The van der Waals surface area contributed by atoms with Gasteiger partial charge < -0.3 is 19.7 Å². The molecular formula is C21H26N4O5. The summed E-state index contributed by atoms with van der Waals surface area (Å²) in [6.07, 6.45) is -0.0634. The number of rotatable bonds is 8. The van der Waals surface area contributed by atoms with Crippen LogP contribution in [0.3, 0.4) is 0 Å². The highest BCUT2D eigenvalue weighted by atomic mass is 16.6. The van der Waals surface area contributed by atoms with Crippen LogP contribution < -0.4 is 19.7 Å². The second-order valence-electron chi connectivity index (χ2n) is 7.13. The fourth-order valence-electron chi connectivity index (χ4n) is 3.52. The molecule has 0 saturated heterocycles. The summed E-state index contributed by atoms with van der Waals surface area (Å²) in [6, 6.07) is 12.0. The van der Waals surface area contributed by atoms with E-state index in [4.69, 9.17) is 9.47 Å². The third kappa shape index (κ3) is 4.98. The van der Waals surface area contributed by atoms with Gasteiger partial charge in [-0.15, -0.1) is 0 Å². The number of methoxy groups -OCH3 is 1. The Labute approximate surface area is 175 Å². The number of nitrogens with zero attached hydrogens (tertiary/aromatic N) is 3. The van der Waals surface area contributed by atoms with Crippen LogP contribution in [-0.2, 0) is 4.79 Å². The van der Waals surface area contributed by atoms with Crippen LogP contribution in [0.15, 0.2) is 42.5 Å². The smallest absolute Gasteiger partial charge is 0.273 e. The number of fused-ring (bicyclic) bond motifs is 1. The van der Waals surface area contributed by atoms with E-state index in [0.717, 1.165) is 24.5 Å². The SMILES string of the molecule is CCN1CC(CN(C)CC(=O)Nc2ccc([N+](=O)[O-])cc2OC)Oc2ccccc21. The lowest BCUT2D eigenvalue weighted by molar-refractivity contribution is -0.384. The van der Waals surface area contributed by atoms with Crippen LogP contribution in [0.5, 0.6) is 11.5 Å². The molecule has 1 unspecified atom stereocenters. The molecule has 3 rings (SSSR count). The van der Waals surface area contributed by atoms with Crippen molar-refractivity contribution in [3.63, 3.8) is 0 Å². The van der Waals surface area contributed by atoms with Crippen LogP contribution in [0.25, 0.3) is 0 Å². The number of hydrogen-bond acceptors (Lipinski definition) is 7. The van der Waals surface area contributed by atoms with Crippen molar-refractivity contribution in [3.05, 3.63) is 52.6 Å². The van der Waals surface area contributed by atoms with Gasteiger partial charge in [0.05, 0.1) is 42.6 Å². The van der Waals surface area contributed by atoms with E-state index >= 15 is 0 Å². The van der Waals surface area contributed by atoms with Gasteiger partial charge in [-0.25, -0.2) is 0 Å². The van der Waals surface area contributed by atoms with Crippen molar-refractivity contribution in [2.24, 2.45) is 0 Å². The predicted octanol–water partition coefficient (Wildman–Crippen LogP) is 2.76. The summed E-state index contributed by atoms with van der Waals surface area (Å²) in [4.78, 5) is 27.0. The van der Waals surface area contributed by atoms with Crippen LogP contribution in [0, 0.1) is 10.1 Å². The number of hydrogen-bond donors (Lipinski definition) is 1. The van der Waals surface area contributed by atoms with E-state index in [0.29, 0.717) is 12.2 Å². The molecular weight excluding hydrogens is 388 g/mol. The van der Waals surface area contributed by atoms with Crippen molar-refractivity contribution >= 4 is 23.0 Å². The largest absolute Gasteiger partial charge is 0.494 e. The number of nitro benzene ring substituents is 1. The lowest BCUT2D eigenvalue weighted by atomic mass is 10.2. The molecule has 30 heavy (non-hydrogen) atoms. The number of likely N-dealkylation sites (N-methyl/N-ethyl adjacent to an activating group) is 2. The molecule has 0 aliphatic carbocycles. The van der Waals surface area contributed by atoms with Crippen LogP contribution >= 0.6 is 0 Å². The van der Waals surface area contributed by atoms with Gasteiger partial charge in [-0.2, -0.15) is 0 Å². The molecule has 1 atom stereocenters. The number of anilines is 2. The van der Waals surface area contributed by atoms with Crippen molar-refractivity contribution in [3.8, 4) is 11.5 Å². The highest BCUT2D eigenvalue weighted by Gasteiger charge is 2.26. The highest BCUT2D eigenvalue weighted by molar-refractivity contribution is 5.93. The zero-order chi connectivity index (χ0) is 21.7. The number of benzene rings is 2. The Morgan fingerprint density at radius 2 is 2.13 bits per heavy atom. The maximum atomic E-state index is 12.5. The van der Waals surface area contributed by atoms with E-state index in [9.17, 15) is 14.9 Å². The average molecular weight is 414 g/mol. The summed E-state index contributed by atoms with van der Waals surface area (Å²) in [6.45, 7) is 4.45. The third-order valence-corrected chi connectivity index (χ3v) is 4.90. The van der Waals surface area contributed by atoms with Gasteiger partial charge in [0.25, 0.3) is 5.69 Å². The Bertz CT molecular complexity index is 920. The van der Waals surface area contributed by atoms with Gasteiger partial charge in [0.1, 0.15) is 17.6 Å². The molecule has 1 N–H and O–H groups in total. The summed E-state index contributed by atoms with van der Waals surface area (Å²) in [7, 11) is 3.26. The van der Waals surface area contributed by atoms with Gasteiger partial charge in [-0.05, 0) is 32.2 Å². The average Bonchev–Trinajstić information content (AvgIpc) is 2.72. The number of carbonyl (C=O) groups is 1. The first-order chi connectivity index (χ1) is 14.4. The number of nitro groups is 1. The number of carbonyl (C=O) groups excluding carboxylic acids is 1. The Morgan fingerprint density at radius 3 is 2.83 bits per heavy atom. The van der Waals surface area contributed by atoms with Crippen LogP contribution in [0.4, 0.5) is 17.1 Å². The van der Waals surface area contributed by atoms with Crippen molar-refractivity contribution < 1.29 is 19.2 Å². The Hall–Kier alpha value is -3.33. The topological polar surface area (TPSA) is 97.2 Å². The molecule has 0 fully saturated rings. The van der Waals surface area contributed by atoms with Gasteiger partial charge in [0, 0.05) is 19.2 Å². The molecule has 0 saturated carbocycles. The summed E-state index contributed by atoms with van der Waals surface area (Å²) < 4.78 is 11.3. The zero-order valence-electron chi connectivity index (χ0n) is 17.3. The second kappa shape index (κ2) is 9.45. The van der Waals surface area contributed by atoms with Gasteiger partial charge in [0.2, 0.25) is 5.91 Å². The van der Waals surface area contributed by atoms with Crippen molar-refractivity contribution in [2.75, 3.05) is 50.6 Å². The first-order valence-corrected chi connectivity index (χ1v) is 9.72. The van der Waals surface area contributed by atoms with Gasteiger partial charge >= 0.3 is 0 Å². The minimum Gasteiger partial charge on any atom is -0.494 e. The highest BCUT2D eigenvalue weighted by Crippen LogP contribution is 2.33. The van der Waals surface area contributed by atoms with E-state index in [1.54, 1.807) is 0 Å². The molecule has 0 spiro atoms. The number of para-hydroxylation sites is 2. The number of non-ortho nitro benzene ring substituents is 1. The lowest BCUT2D eigenvalue weighted by Gasteiger charge is -2.37. The summed E-state index contributed by atoms with van der Waals surface area (Å²) in [5.74, 6) is 0.850. The number of amides is 1. The van der Waals surface area contributed by atoms with Crippen molar-refractivity contribution in [1.82, 2.24) is 4.90 Å². The maximum absolute atomic E-state index is 12.5. The van der Waals surface area contributed by atoms with E-state index in [-0.39, 0.29) is 30.0 Å². The van der Waals surface area contributed by atoms with Gasteiger partial charge in [0.15, 0.2) is 0 Å². The molecule has 1 aliphatic heterocycles. The monoisotopic (exact) mass is 414 g/mol. The fraction of sp³-hybridized carbons (Fsp3) is 0.381. The lowest BCUT2D eigenvalue weighted by Crippen LogP contribution is -2.46. The fourth-order valence-corrected chi connectivity index (χ4v) is 3.52. The first-order valence-electron chi connectivity index (χ1n) is 9.72. The minimum absolute atomic E-state index is 0.0634. The molecule has 1 amide bonds. The van der Waals surface area contributed by atoms with Crippen LogP contribution in [0.2, 0.25) is 0 Å². The summed E-state index contributed by atoms with van der Waals surface area (Å²) in [5, 5.41) is 13.7. The zero-order valence-corrected chi connectivity index (χ0v) is 17.3. The van der Waals surface area contributed by atoms with E-state index < -0.39 is 4.92 Å². The molecule has 0 bridgehead atoms. The molecule has 9 nitrogen and oxygen atoms in total. The standard InChI is InChI=1S/C21H26N4O5/c1-4-24-13-16(30-19-8-6-5-7-18(19)24)12-23(2)14-21(26)22-17-10-9-15(25(27)28)11-20(17)29-3/h5-11,16H,4,12-14H2,1-3H3,(H,22,26). The van der Waals surface area contributed by atoms with Crippen molar-refractivity contribution in [1.29, 1.82) is 0 Å². The maximum Gasteiger partial charge on any atom is 0.273 e. The molecule has 160 valence electrons. The van der Waals surface area contributed by atoms with Gasteiger partial charge in [-0.1, -0.05) is 12.1 Å². The number of ether oxygens (including phenoxy) is 2. The molecule has 2 aromatic carbocycles. The second-order valence-corrected chi connectivity index (χ2v) is 7.13. The third-order valence-electron chi connectivity index (χ3n) is 4.90. The number of nitrogens with one attached hydrogen (secondary N) is 1. The Kier molecular flexibility index (Phi) is 6.73. The molecule has 1 aliphatic rings. The summed E-state index contributed by atoms with van der Waals surface area (Å²) in [5.41, 5.74) is 1.38. The Morgan fingerprint density at radius 1 is 1.37 bits per heavy atom. The van der Waals surface area contributed by atoms with Gasteiger partial charge in [-0.3, -0.25) is 19.8 Å². The molecule has 0 aromatic heterocycles. The first kappa shape index (κ1) is 21.4. The van der Waals surface area contributed by atoms with Crippen molar-refractivity contribution in [2.45, 2.75) is 13.0 Å². The van der Waals surface area contributed by atoms with Crippen LogP contribution in [-0.4, -0.2) is 62.2 Å². The molecule has 0 radical (unpaired) electrons. The van der Waals surface area contributed by atoms with E-state index in [1.807, 2.05) is 36.2 Å². The molecule has 2 aromatic rings. The van der Waals surface area contributed by atoms with E-state index in [2.05, 4.69) is 17.1 Å². The summed E-state index contributed by atoms with van der Waals surface area (Å²) >= 11 is 0. The Balaban J connectivity index is 1.58. The normalized spacial score (nSPS) is 15.3. The molecule has 1 heterocycles. The van der Waals surface area contributed by atoms with Crippen LogP contribution in [0.1, 0.15) is 6.92 Å². The quantitative estimate of drug-likeness (QED) is 0.524. The molecule has 9 heteroatoms. The minimum atomic E-state index is -0.510. The predicted molar refractivity (Wildman–Crippen MR) is 115 cm³/mol. The van der Waals surface area contributed by atoms with E-state index in [1.165, 1.54) is 25.3 Å².